The molecule has 7 heteroatoms. The standard InChI is InChI=1S/C19H42N2O5/c1-18(2)17-20-5-7-22-9-11-24-13-15-26-16-14-25-12-10-23-8-6-21-19(3)4/h18-21H,5-17H2,1-4H3. The highest BCUT2D eigenvalue weighted by atomic mass is 16.6. The average molecular weight is 379 g/mol. The Hall–Kier alpha value is -0.280. The van der Waals surface area contributed by atoms with Gasteiger partial charge in [-0.05, 0) is 12.5 Å². The van der Waals surface area contributed by atoms with Crippen LogP contribution < -0.4 is 10.6 Å². The lowest BCUT2D eigenvalue weighted by molar-refractivity contribution is -0.0106. The van der Waals surface area contributed by atoms with Gasteiger partial charge in [-0.25, -0.2) is 0 Å². The highest BCUT2D eigenvalue weighted by molar-refractivity contribution is 4.51. The Morgan fingerprint density at radius 3 is 1.31 bits per heavy atom. The highest BCUT2D eigenvalue weighted by Gasteiger charge is 1.95. The molecule has 0 radical (unpaired) electrons. The first kappa shape index (κ1) is 25.7. The van der Waals surface area contributed by atoms with E-state index in [1.54, 1.807) is 0 Å². The first-order chi connectivity index (χ1) is 12.6. The first-order valence-corrected chi connectivity index (χ1v) is 9.95. The first-order valence-electron chi connectivity index (χ1n) is 9.95. The van der Waals surface area contributed by atoms with Crippen LogP contribution in [0.4, 0.5) is 0 Å². The van der Waals surface area contributed by atoms with E-state index < -0.39 is 0 Å². The lowest BCUT2D eigenvalue weighted by Crippen LogP contribution is -2.27. The number of hydrogen-bond acceptors (Lipinski definition) is 7. The fourth-order valence-electron chi connectivity index (χ4n) is 1.94. The Kier molecular flexibility index (Phi) is 20.8. The van der Waals surface area contributed by atoms with Gasteiger partial charge < -0.3 is 34.3 Å². The topological polar surface area (TPSA) is 70.2 Å². The van der Waals surface area contributed by atoms with Crippen molar-refractivity contribution in [3.8, 4) is 0 Å². The van der Waals surface area contributed by atoms with Crippen molar-refractivity contribution in [1.29, 1.82) is 0 Å². The van der Waals surface area contributed by atoms with Gasteiger partial charge in [-0.15, -0.1) is 0 Å². The molecule has 0 atom stereocenters. The molecular weight excluding hydrogens is 336 g/mol. The molecule has 0 fully saturated rings. The summed E-state index contributed by atoms with van der Waals surface area (Å²) < 4.78 is 27.2. The molecule has 2 N–H and O–H groups in total. The van der Waals surface area contributed by atoms with Gasteiger partial charge in [0.15, 0.2) is 0 Å². The molecule has 0 amide bonds. The number of rotatable bonds is 21. The van der Waals surface area contributed by atoms with Gasteiger partial charge in [-0.2, -0.15) is 0 Å². The fraction of sp³-hybridized carbons (Fsp3) is 1.00. The zero-order chi connectivity index (χ0) is 19.3. The second-order valence-electron chi connectivity index (χ2n) is 6.77. The lowest BCUT2D eigenvalue weighted by Gasteiger charge is -2.09. The van der Waals surface area contributed by atoms with Gasteiger partial charge >= 0.3 is 0 Å². The normalized spacial score (nSPS) is 11.8. The molecular formula is C19H42N2O5. The van der Waals surface area contributed by atoms with Gasteiger partial charge in [0.05, 0.1) is 66.1 Å². The van der Waals surface area contributed by atoms with E-state index in [1.165, 1.54) is 0 Å². The maximum atomic E-state index is 5.47. The summed E-state index contributed by atoms with van der Waals surface area (Å²) in [7, 11) is 0. The summed E-state index contributed by atoms with van der Waals surface area (Å²) in [5.74, 6) is 0.675. The molecule has 0 heterocycles. The van der Waals surface area contributed by atoms with Gasteiger partial charge in [-0.1, -0.05) is 27.7 Å². The molecule has 0 rings (SSSR count). The van der Waals surface area contributed by atoms with Crippen LogP contribution in [-0.4, -0.2) is 91.7 Å². The molecule has 0 spiro atoms. The van der Waals surface area contributed by atoms with E-state index in [4.69, 9.17) is 23.7 Å². The summed E-state index contributed by atoms with van der Waals surface area (Å²) >= 11 is 0. The largest absolute Gasteiger partial charge is 0.378 e. The molecule has 7 nitrogen and oxygen atoms in total. The molecule has 0 aromatic carbocycles. The molecule has 26 heavy (non-hydrogen) atoms. The lowest BCUT2D eigenvalue weighted by atomic mass is 10.2. The van der Waals surface area contributed by atoms with Crippen molar-refractivity contribution in [1.82, 2.24) is 10.6 Å². The fourth-order valence-corrected chi connectivity index (χ4v) is 1.94. The summed E-state index contributed by atoms with van der Waals surface area (Å²) in [5, 5.41) is 6.63. The number of hydrogen-bond donors (Lipinski definition) is 2. The Morgan fingerprint density at radius 2 is 0.923 bits per heavy atom. The van der Waals surface area contributed by atoms with Gasteiger partial charge in [0, 0.05) is 19.1 Å². The van der Waals surface area contributed by atoms with Gasteiger partial charge in [0.25, 0.3) is 0 Å². The van der Waals surface area contributed by atoms with Crippen LogP contribution in [0.3, 0.4) is 0 Å². The maximum Gasteiger partial charge on any atom is 0.0701 e. The SMILES string of the molecule is CC(C)CNCCOCCOCCOCCOCCOCCNC(C)C. The van der Waals surface area contributed by atoms with E-state index >= 15 is 0 Å². The Balaban J connectivity index is 2.99. The van der Waals surface area contributed by atoms with Crippen LogP contribution in [-0.2, 0) is 23.7 Å². The quantitative estimate of drug-likeness (QED) is 0.292. The van der Waals surface area contributed by atoms with Crippen LogP contribution in [0.2, 0.25) is 0 Å². The molecule has 0 bridgehead atoms. The summed E-state index contributed by atoms with van der Waals surface area (Å²) in [5.41, 5.74) is 0. The third-order valence-corrected chi connectivity index (χ3v) is 3.26. The molecule has 0 unspecified atom stereocenters. The Morgan fingerprint density at radius 1 is 0.538 bits per heavy atom. The van der Waals surface area contributed by atoms with Crippen LogP contribution in [0.1, 0.15) is 27.7 Å². The van der Waals surface area contributed by atoms with Gasteiger partial charge in [-0.3, -0.25) is 0 Å². The van der Waals surface area contributed by atoms with E-state index in [2.05, 4.69) is 38.3 Å². The monoisotopic (exact) mass is 378 g/mol. The van der Waals surface area contributed by atoms with Crippen molar-refractivity contribution in [2.45, 2.75) is 33.7 Å². The van der Waals surface area contributed by atoms with E-state index in [1.807, 2.05) is 0 Å². The van der Waals surface area contributed by atoms with E-state index in [9.17, 15) is 0 Å². The second kappa shape index (κ2) is 21.0. The van der Waals surface area contributed by atoms with Crippen molar-refractivity contribution in [2.75, 3.05) is 85.7 Å². The summed E-state index contributed by atoms with van der Waals surface area (Å²) in [6.45, 7) is 17.6. The van der Waals surface area contributed by atoms with Crippen molar-refractivity contribution < 1.29 is 23.7 Å². The predicted molar refractivity (Wildman–Crippen MR) is 105 cm³/mol. The predicted octanol–water partition coefficient (Wildman–Crippen LogP) is 1.31. The van der Waals surface area contributed by atoms with Crippen molar-refractivity contribution in [3.05, 3.63) is 0 Å². The number of ether oxygens (including phenoxy) is 5. The van der Waals surface area contributed by atoms with Crippen molar-refractivity contribution in [2.24, 2.45) is 5.92 Å². The van der Waals surface area contributed by atoms with Crippen LogP contribution in [0.15, 0.2) is 0 Å². The molecule has 158 valence electrons. The highest BCUT2D eigenvalue weighted by Crippen LogP contribution is 1.87. The average Bonchev–Trinajstić information content (AvgIpc) is 2.59. The van der Waals surface area contributed by atoms with Gasteiger partial charge in [0.1, 0.15) is 0 Å². The second-order valence-corrected chi connectivity index (χ2v) is 6.77. The minimum Gasteiger partial charge on any atom is -0.378 e. The molecule has 0 aliphatic carbocycles. The summed E-state index contributed by atoms with van der Waals surface area (Å²) in [6, 6.07) is 0.500. The maximum absolute atomic E-state index is 5.47. The molecule has 0 aliphatic rings. The van der Waals surface area contributed by atoms with Crippen LogP contribution in [0.25, 0.3) is 0 Å². The van der Waals surface area contributed by atoms with Crippen LogP contribution in [0, 0.1) is 5.92 Å². The molecule has 0 saturated carbocycles. The third kappa shape index (κ3) is 23.7. The van der Waals surface area contributed by atoms with E-state index in [-0.39, 0.29) is 0 Å². The van der Waals surface area contributed by atoms with Crippen LogP contribution >= 0.6 is 0 Å². The molecule has 0 aromatic heterocycles. The minimum absolute atomic E-state index is 0.500. The third-order valence-electron chi connectivity index (χ3n) is 3.26. The van der Waals surface area contributed by atoms with Crippen LogP contribution in [0.5, 0.6) is 0 Å². The molecule has 0 aliphatic heterocycles. The summed E-state index contributed by atoms with van der Waals surface area (Å²) in [6.07, 6.45) is 0. The smallest absolute Gasteiger partial charge is 0.0701 e. The van der Waals surface area contributed by atoms with E-state index in [0.717, 1.165) is 26.2 Å². The minimum atomic E-state index is 0.500. The zero-order valence-corrected chi connectivity index (χ0v) is 17.4. The van der Waals surface area contributed by atoms with Gasteiger partial charge in [0.2, 0.25) is 0 Å². The Labute approximate surface area is 160 Å². The molecule has 0 aromatic rings. The summed E-state index contributed by atoms with van der Waals surface area (Å²) in [4.78, 5) is 0. The van der Waals surface area contributed by atoms with Crippen molar-refractivity contribution >= 4 is 0 Å². The van der Waals surface area contributed by atoms with E-state index in [0.29, 0.717) is 71.4 Å². The molecule has 0 saturated heterocycles. The van der Waals surface area contributed by atoms with Crippen molar-refractivity contribution in [3.63, 3.8) is 0 Å². The Bertz CT molecular complexity index is 242. The number of nitrogens with one attached hydrogen (secondary N) is 2. The zero-order valence-electron chi connectivity index (χ0n) is 17.4.